The topological polar surface area (TPSA) is 74.1 Å². The molecule has 0 radical (unpaired) electrons. The van der Waals surface area contributed by atoms with Crippen molar-refractivity contribution in [2.45, 2.75) is 31.7 Å². The van der Waals surface area contributed by atoms with E-state index < -0.39 is 0 Å². The molecule has 0 aliphatic carbocycles. The third-order valence-electron chi connectivity index (χ3n) is 4.40. The van der Waals surface area contributed by atoms with E-state index in [9.17, 15) is 0 Å². The molecular formula is C21H25BrCl3N5O2S. The molecule has 3 aromatic rings. The molecule has 0 saturated heterocycles. The van der Waals surface area contributed by atoms with Crippen molar-refractivity contribution >= 4 is 63.3 Å². The van der Waals surface area contributed by atoms with Crippen LogP contribution in [0.5, 0.6) is 11.5 Å². The van der Waals surface area contributed by atoms with E-state index in [-0.39, 0.29) is 12.4 Å². The monoisotopic (exact) mass is 595 g/mol. The second-order valence-electron chi connectivity index (χ2n) is 6.83. The molecule has 3 rings (SSSR count). The molecule has 7 nitrogen and oxygen atoms in total. The summed E-state index contributed by atoms with van der Waals surface area (Å²) in [5, 5.41) is 16.9. The molecule has 0 aliphatic rings. The molecule has 0 fully saturated rings. The highest BCUT2D eigenvalue weighted by atomic mass is 79.9. The predicted octanol–water partition coefficient (Wildman–Crippen LogP) is 5.95. The van der Waals surface area contributed by atoms with Gasteiger partial charge >= 0.3 is 0 Å². The van der Waals surface area contributed by atoms with Crippen LogP contribution in [0.25, 0.3) is 0 Å². The average molecular weight is 598 g/mol. The fraction of sp³-hybridized carbons (Fsp3) is 0.381. The van der Waals surface area contributed by atoms with E-state index in [2.05, 4.69) is 36.8 Å². The molecule has 0 bridgehead atoms. The number of tetrazole rings is 1. The Labute approximate surface area is 222 Å². The van der Waals surface area contributed by atoms with Crippen LogP contribution < -0.4 is 14.8 Å². The lowest BCUT2D eigenvalue weighted by Crippen LogP contribution is -2.15. The summed E-state index contributed by atoms with van der Waals surface area (Å²) in [6.45, 7) is 4.40. The highest BCUT2D eigenvalue weighted by Crippen LogP contribution is 2.38. The van der Waals surface area contributed by atoms with Crippen LogP contribution in [0.15, 0.2) is 40.0 Å². The Morgan fingerprint density at radius 3 is 2.70 bits per heavy atom. The van der Waals surface area contributed by atoms with Crippen LogP contribution >= 0.6 is 63.3 Å². The largest absolute Gasteiger partial charge is 0.490 e. The molecule has 0 unspecified atom stereocenters. The standard InChI is InChI=1S/C21H24BrCl2N5O2S.ClH/c1-3-30-19-10-14(12-25-7-4-8-32-21-26-27-28-29(21)2)9-17(22)20(19)31-13-15-5-6-16(23)11-18(15)24;/h5-6,9-11,25H,3-4,7-8,12-13H2,1-2H3;1H. The summed E-state index contributed by atoms with van der Waals surface area (Å²) in [6, 6.07) is 9.39. The lowest BCUT2D eigenvalue weighted by atomic mass is 10.2. The highest BCUT2D eigenvalue weighted by molar-refractivity contribution is 9.10. The minimum Gasteiger partial charge on any atom is -0.490 e. The van der Waals surface area contributed by atoms with Crippen molar-refractivity contribution in [3.63, 3.8) is 0 Å². The first-order chi connectivity index (χ1) is 15.5. The van der Waals surface area contributed by atoms with Gasteiger partial charge in [0, 0.05) is 35.0 Å². The zero-order valence-electron chi connectivity index (χ0n) is 18.2. The van der Waals surface area contributed by atoms with Gasteiger partial charge < -0.3 is 14.8 Å². The Balaban J connectivity index is 0.00000385. The van der Waals surface area contributed by atoms with Crippen molar-refractivity contribution in [1.29, 1.82) is 0 Å². The van der Waals surface area contributed by atoms with Crippen LogP contribution in [0.3, 0.4) is 0 Å². The van der Waals surface area contributed by atoms with E-state index in [1.165, 1.54) is 0 Å². The van der Waals surface area contributed by atoms with Crippen molar-refractivity contribution < 1.29 is 9.47 Å². The number of benzene rings is 2. The number of nitrogens with one attached hydrogen (secondary N) is 1. The van der Waals surface area contributed by atoms with Crippen molar-refractivity contribution in [3.8, 4) is 11.5 Å². The Morgan fingerprint density at radius 2 is 2.00 bits per heavy atom. The first-order valence-corrected chi connectivity index (χ1v) is 12.6. The van der Waals surface area contributed by atoms with Gasteiger partial charge in [-0.2, -0.15) is 0 Å². The van der Waals surface area contributed by atoms with Gasteiger partial charge in [0.05, 0.1) is 11.1 Å². The SMILES string of the molecule is CCOc1cc(CNCCCSc2nnnn2C)cc(Br)c1OCc1ccc(Cl)cc1Cl.Cl. The Hall–Kier alpha value is -1.23. The van der Waals surface area contributed by atoms with E-state index in [0.29, 0.717) is 34.8 Å². The van der Waals surface area contributed by atoms with Crippen LogP contribution in [0.4, 0.5) is 0 Å². The minimum atomic E-state index is 0. The van der Waals surface area contributed by atoms with E-state index in [1.54, 1.807) is 28.6 Å². The molecule has 0 aliphatic heterocycles. The molecule has 1 aromatic heterocycles. The van der Waals surface area contributed by atoms with Crippen LogP contribution in [0.2, 0.25) is 10.0 Å². The molecule has 2 aromatic carbocycles. The molecule has 0 spiro atoms. The van der Waals surface area contributed by atoms with Crippen molar-refractivity contribution in [2.75, 3.05) is 18.9 Å². The van der Waals surface area contributed by atoms with E-state index in [1.807, 2.05) is 32.2 Å². The highest BCUT2D eigenvalue weighted by Gasteiger charge is 2.14. The summed E-state index contributed by atoms with van der Waals surface area (Å²) in [5.74, 6) is 2.28. The lowest BCUT2D eigenvalue weighted by molar-refractivity contribution is 0.267. The summed E-state index contributed by atoms with van der Waals surface area (Å²) in [6.07, 6.45) is 1.00. The molecule has 180 valence electrons. The number of aromatic nitrogens is 4. The van der Waals surface area contributed by atoms with E-state index in [4.69, 9.17) is 32.7 Å². The molecule has 33 heavy (non-hydrogen) atoms. The van der Waals surface area contributed by atoms with E-state index in [0.717, 1.165) is 46.0 Å². The molecule has 0 amide bonds. The molecule has 0 saturated carbocycles. The van der Waals surface area contributed by atoms with Gasteiger partial charge in [-0.15, -0.1) is 17.5 Å². The average Bonchev–Trinajstić information content (AvgIpc) is 3.16. The minimum absolute atomic E-state index is 0. The Morgan fingerprint density at radius 1 is 1.18 bits per heavy atom. The normalized spacial score (nSPS) is 10.7. The van der Waals surface area contributed by atoms with Gasteiger partial charge in [-0.3, -0.25) is 0 Å². The maximum atomic E-state index is 6.26. The summed E-state index contributed by atoms with van der Waals surface area (Å²) in [4.78, 5) is 0. The lowest BCUT2D eigenvalue weighted by Gasteiger charge is -2.16. The van der Waals surface area contributed by atoms with Crippen LogP contribution in [0, 0.1) is 0 Å². The number of halogens is 4. The van der Waals surface area contributed by atoms with Crippen LogP contribution in [-0.4, -0.2) is 39.1 Å². The third-order valence-corrected chi connectivity index (χ3v) is 6.67. The van der Waals surface area contributed by atoms with Crippen LogP contribution in [0.1, 0.15) is 24.5 Å². The first kappa shape index (κ1) is 28.0. The zero-order chi connectivity index (χ0) is 22.9. The molecule has 0 atom stereocenters. The van der Waals surface area contributed by atoms with Gasteiger partial charge in [0.25, 0.3) is 0 Å². The maximum absolute atomic E-state index is 6.26. The number of hydrogen-bond donors (Lipinski definition) is 1. The number of hydrogen-bond acceptors (Lipinski definition) is 7. The number of rotatable bonds is 12. The van der Waals surface area contributed by atoms with Crippen molar-refractivity contribution in [2.24, 2.45) is 7.05 Å². The summed E-state index contributed by atoms with van der Waals surface area (Å²) in [7, 11) is 1.84. The zero-order valence-corrected chi connectivity index (χ0v) is 22.9. The fourth-order valence-corrected chi connectivity index (χ4v) is 4.71. The molecular weight excluding hydrogens is 573 g/mol. The number of nitrogens with zero attached hydrogens (tertiary/aromatic N) is 4. The summed E-state index contributed by atoms with van der Waals surface area (Å²) in [5.41, 5.74) is 1.95. The molecule has 1 heterocycles. The predicted molar refractivity (Wildman–Crippen MR) is 139 cm³/mol. The maximum Gasteiger partial charge on any atom is 0.209 e. The number of aryl methyl sites for hydroxylation is 1. The van der Waals surface area contributed by atoms with E-state index >= 15 is 0 Å². The van der Waals surface area contributed by atoms with Gasteiger partial charge in [-0.05, 0) is 76.1 Å². The molecule has 1 N–H and O–H groups in total. The summed E-state index contributed by atoms with van der Waals surface area (Å²) < 4.78 is 14.4. The number of ether oxygens (including phenoxy) is 2. The van der Waals surface area contributed by atoms with Crippen molar-refractivity contribution in [1.82, 2.24) is 25.5 Å². The van der Waals surface area contributed by atoms with Gasteiger partial charge in [-0.25, -0.2) is 4.68 Å². The second kappa shape index (κ2) is 14.2. The van der Waals surface area contributed by atoms with Crippen molar-refractivity contribution in [3.05, 3.63) is 56.0 Å². The van der Waals surface area contributed by atoms with Gasteiger partial charge in [0.15, 0.2) is 11.5 Å². The third kappa shape index (κ3) is 8.49. The van der Waals surface area contributed by atoms with Crippen LogP contribution in [-0.2, 0) is 20.2 Å². The Bertz CT molecular complexity index is 1040. The smallest absolute Gasteiger partial charge is 0.209 e. The van der Waals surface area contributed by atoms with Gasteiger partial charge in [-0.1, -0.05) is 41.0 Å². The molecule has 12 heteroatoms. The number of thioether (sulfide) groups is 1. The first-order valence-electron chi connectivity index (χ1n) is 10.1. The quantitative estimate of drug-likeness (QED) is 0.204. The fourth-order valence-electron chi connectivity index (χ4n) is 2.85. The van der Waals surface area contributed by atoms with Gasteiger partial charge in [0.2, 0.25) is 5.16 Å². The Kier molecular flexibility index (Phi) is 12.1. The summed E-state index contributed by atoms with van der Waals surface area (Å²) >= 11 is 17.5. The second-order valence-corrected chi connectivity index (χ2v) is 9.59. The van der Waals surface area contributed by atoms with Gasteiger partial charge in [0.1, 0.15) is 6.61 Å².